The Kier molecular flexibility index (Phi) is 5.24. The molecule has 0 aliphatic carbocycles. The summed E-state index contributed by atoms with van der Waals surface area (Å²) in [7, 11) is 0. The molecule has 1 atom stereocenters. The third kappa shape index (κ3) is 3.78. The summed E-state index contributed by atoms with van der Waals surface area (Å²) in [5, 5.41) is 3.78. The first-order chi connectivity index (χ1) is 15.5. The van der Waals surface area contributed by atoms with E-state index in [4.69, 9.17) is 11.6 Å². The average molecular weight is 442 g/mol. The fourth-order valence-electron chi connectivity index (χ4n) is 4.61. The van der Waals surface area contributed by atoms with Gasteiger partial charge in [-0.25, -0.2) is 4.79 Å². The van der Waals surface area contributed by atoms with Crippen molar-refractivity contribution in [3.63, 3.8) is 0 Å². The van der Waals surface area contributed by atoms with Crippen LogP contribution < -0.4 is 5.32 Å². The van der Waals surface area contributed by atoms with Crippen molar-refractivity contribution in [1.82, 2.24) is 9.47 Å². The van der Waals surface area contributed by atoms with Gasteiger partial charge in [-0.3, -0.25) is 0 Å². The second-order valence-corrected chi connectivity index (χ2v) is 8.76. The zero-order chi connectivity index (χ0) is 22.2. The monoisotopic (exact) mass is 441 g/mol. The molecule has 0 saturated heterocycles. The van der Waals surface area contributed by atoms with Gasteiger partial charge in [0.05, 0.1) is 18.3 Å². The molecular formula is C27H24ClN3O. The van der Waals surface area contributed by atoms with E-state index in [0.29, 0.717) is 11.6 Å². The average Bonchev–Trinajstić information content (AvgIpc) is 3.17. The predicted molar refractivity (Wildman–Crippen MR) is 130 cm³/mol. The minimum atomic E-state index is -0.290. The van der Waals surface area contributed by atoms with Crippen molar-refractivity contribution in [3.05, 3.63) is 118 Å². The molecule has 160 valence electrons. The number of amides is 2. The van der Waals surface area contributed by atoms with Crippen LogP contribution in [0.25, 0.3) is 5.69 Å². The Morgan fingerprint density at radius 2 is 1.72 bits per heavy atom. The molecule has 1 N–H and O–H groups in total. The first-order valence-electron chi connectivity index (χ1n) is 10.7. The molecule has 5 rings (SSSR count). The van der Waals surface area contributed by atoms with Crippen LogP contribution in [-0.4, -0.2) is 15.5 Å². The summed E-state index contributed by atoms with van der Waals surface area (Å²) in [6.07, 6.45) is 2.05. The lowest BCUT2D eigenvalue weighted by Gasteiger charge is -2.31. The smallest absolute Gasteiger partial charge is 0.318 e. The van der Waals surface area contributed by atoms with Gasteiger partial charge in [0.25, 0.3) is 0 Å². The van der Waals surface area contributed by atoms with Gasteiger partial charge in [0.15, 0.2) is 0 Å². The molecule has 1 aliphatic heterocycles. The highest BCUT2D eigenvalue weighted by molar-refractivity contribution is 6.30. The lowest BCUT2D eigenvalue weighted by molar-refractivity contribution is 0.194. The van der Waals surface area contributed by atoms with E-state index in [0.717, 1.165) is 39.3 Å². The summed E-state index contributed by atoms with van der Waals surface area (Å²) in [4.78, 5) is 15.6. The summed E-state index contributed by atoms with van der Waals surface area (Å²) >= 11 is 6.36. The maximum atomic E-state index is 13.7. The third-order valence-electron chi connectivity index (χ3n) is 5.86. The van der Waals surface area contributed by atoms with Gasteiger partial charge in [-0.15, -0.1) is 0 Å². The van der Waals surface area contributed by atoms with Crippen LogP contribution in [0.2, 0.25) is 5.02 Å². The van der Waals surface area contributed by atoms with E-state index in [1.807, 2.05) is 73.3 Å². The number of carbonyl (C=O) groups excluding carboxylic acids is 1. The third-order valence-corrected chi connectivity index (χ3v) is 6.10. The molecule has 0 spiro atoms. The number of rotatable bonds is 2. The topological polar surface area (TPSA) is 37.3 Å². The van der Waals surface area contributed by atoms with Gasteiger partial charge in [0.2, 0.25) is 0 Å². The van der Waals surface area contributed by atoms with Gasteiger partial charge in [0, 0.05) is 22.6 Å². The fourth-order valence-corrected chi connectivity index (χ4v) is 4.81. The molecule has 3 aromatic carbocycles. The van der Waals surface area contributed by atoms with E-state index < -0.39 is 0 Å². The largest absolute Gasteiger partial charge is 0.322 e. The Morgan fingerprint density at radius 3 is 2.50 bits per heavy atom. The molecule has 0 unspecified atom stereocenters. The molecule has 0 radical (unpaired) electrons. The Balaban J connectivity index is 1.64. The van der Waals surface area contributed by atoms with Crippen LogP contribution in [0, 0.1) is 13.8 Å². The van der Waals surface area contributed by atoms with Crippen molar-refractivity contribution in [2.75, 3.05) is 5.32 Å². The van der Waals surface area contributed by atoms with Crippen molar-refractivity contribution in [2.45, 2.75) is 26.4 Å². The summed E-state index contributed by atoms with van der Waals surface area (Å²) in [6, 6.07) is 25.7. The molecule has 2 heterocycles. The molecule has 1 aliphatic rings. The number of aryl methyl sites for hydroxylation is 2. The number of benzene rings is 3. The molecule has 32 heavy (non-hydrogen) atoms. The Bertz CT molecular complexity index is 1290. The number of hydrogen-bond acceptors (Lipinski definition) is 1. The van der Waals surface area contributed by atoms with Crippen LogP contribution in [0.15, 0.2) is 85.1 Å². The molecule has 1 aromatic heterocycles. The number of carbonyl (C=O) groups is 1. The molecule has 0 saturated carbocycles. The van der Waals surface area contributed by atoms with E-state index in [1.165, 1.54) is 0 Å². The highest BCUT2D eigenvalue weighted by Crippen LogP contribution is 2.37. The number of aromatic nitrogens is 1. The maximum Gasteiger partial charge on any atom is 0.322 e. The van der Waals surface area contributed by atoms with E-state index in [2.05, 4.69) is 40.3 Å². The summed E-state index contributed by atoms with van der Waals surface area (Å²) in [5.41, 5.74) is 7.19. The Labute approximate surface area is 193 Å². The van der Waals surface area contributed by atoms with Crippen LogP contribution in [0.3, 0.4) is 0 Å². The summed E-state index contributed by atoms with van der Waals surface area (Å²) in [6.45, 7) is 4.55. The molecule has 0 bridgehead atoms. The molecular weight excluding hydrogens is 418 g/mol. The van der Waals surface area contributed by atoms with E-state index in [1.54, 1.807) is 0 Å². The lowest BCUT2D eigenvalue weighted by Crippen LogP contribution is -2.38. The van der Waals surface area contributed by atoms with Gasteiger partial charge >= 0.3 is 6.03 Å². The number of hydrogen-bond donors (Lipinski definition) is 1. The van der Waals surface area contributed by atoms with E-state index in [-0.39, 0.29) is 12.1 Å². The molecule has 4 aromatic rings. The number of anilines is 1. The van der Waals surface area contributed by atoms with E-state index in [9.17, 15) is 4.79 Å². The van der Waals surface area contributed by atoms with Crippen molar-refractivity contribution in [2.24, 2.45) is 0 Å². The normalized spacial score (nSPS) is 15.0. The number of halogens is 1. The van der Waals surface area contributed by atoms with Crippen LogP contribution in [0.5, 0.6) is 0 Å². The number of urea groups is 1. The van der Waals surface area contributed by atoms with Gasteiger partial charge < -0.3 is 14.8 Å². The first-order valence-corrected chi connectivity index (χ1v) is 11.0. The van der Waals surface area contributed by atoms with Gasteiger partial charge in [-0.1, -0.05) is 48.0 Å². The molecule has 2 amide bonds. The highest BCUT2D eigenvalue weighted by Gasteiger charge is 2.33. The second-order valence-electron chi connectivity index (χ2n) is 8.32. The van der Waals surface area contributed by atoms with Gasteiger partial charge in [-0.05, 0) is 78.6 Å². The van der Waals surface area contributed by atoms with Crippen molar-refractivity contribution >= 4 is 23.3 Å². The quantitative estimate of drug-likeness (QED) is 0.361. The van der Waals surface area contributed by atoms with Crippen LogP contribution in [0.1, 0.15) is 34.0 Å². The molecule has 4 nitrogen and oxygen atoms in total. The second kappa shape index (κ2) is 8.21. The Hall–Kier alpha value is -3.50. The maximum absolute atomic E-state index is 13.7. The van der Waals surface area contributed by atoms with Crippen LogP contribution >= 0.6 is 11.6 Å². The highest BCUT2D eigenvalue weighted by atomic mass is 35.5. The van der Waals surface area contributed by atoms with Gasteiger partial charge in [0.1, 0.15) is 0 Å². The minimum Gasteiger partial charge on any atom is -0.318 e. The van der Waals surface area contributed by atoms with Crippen LogP contribution in [-0.2, 0) is 6.54 Å². The molecule has 0 fully saturated rings. The standard InChI is InChI=1S/C27H24ClN3O/c1-18-13-19(2)15-23(14-18)29-27(32)31-17-21-7-3-4-10-24(21)30-12-6-11-25(30)26(31)20-8-5-9-22(28)16-20/h3-16,26H,17H2,1-2H3,(H,29,32)/t26-/m0/s1. The Morgan fingerprint density at radius 1 is 0.938 bits per heavy atom. The van der Waals surface area contributed by atoms with Crippen molar-refractivity contribution in [1.29, 1.82) is 0 Å². The predicted octanol–water partition coefficient (Wildman–Crippen LogP) is 6.88. The van der Waals surface area contributed by atoms with Gasteiger partial charge in [-0.2, -0.15) is 0 Å². The summed E-state index contributed by atoms with van der Waals surface area (Å²) < 4.78 is 2.17. The number of fused-ring (bicyclic) bond motifs is 3. The zero-order valence-electron chi connectivity index (χ0n) is 18.0. The fraction of sp³-hybridized carbons (Fsp3) is 0.148. The van der Waals surface area contributed by atoms with Crippen molar-refractivity contribution < 1.29 is 4.79 Å². The van der Waals surface area contributed by atoms with Crippen LogP contribution in [0.4, 0.5) is 10.5 Å². The number of nitrogens with zero attached hydrogens (tertiary/aromatic N) is 2. The molecule has 5 heteroatoms. The first kappa shape index (κ1) is 20.4. The SMILES string of the molecule is Cc1cc(C)cc(NC(=O)N2Cc3ccccc3-n3cccc3[C@@H]2c2cccc(Cl)c2)c1. The summed E-state index contributed by atoms with van der Waals surface area (Å²) in [5.74, 6) is 0. The van der Waals surface area contributed by atoms with Crippen molar-refractivity contribution in [3.8, 4) is 5.69 Å². The lowest BCUT2D eigenvalue weighted by atomic mass is 10.0. The number of nitrogens with one attached hydrogen (secondary N) is 1. The zero-order valence-corrected chi connectivity index (χ0v) is 18.8. The minimum absolute atomic E-state index is 0.149. The van der Waals surface area contributed by atoms with E-state index >= 15 is 0 Å². The number of para-hydroxylation sites is 1.